The summed E-state index contributed by atoms with van der Waals surface area (Å²) >= 11 is 12.0. The largest absolute Gasteiger partial charge is 0.330 e. The first-order valence-corrected chi connectivity index (χ1v) is 6.87. The van der Waals surface area contributed by atoms with Gasteiger partial charge in [-0.15, -0.1) is 0 Å². The van der Waals surface area contributed by atoms with E-state index in [-0.39, 0.29) is 0 Å². The molecule has 1 fully saturated rings. The molecule has 2 nitrogen and oxygen atoms in total. The summed E-state index contributed by atoms with van der Waals surface area (Å²) in [5, 5.41) is 1.24. The monoisotopic (exact) mass is 272 g/mol. The Morgan fingerprint density at radius 1 is 1.18 bits per heavy atom. The van der Waals surface area contributed by atoms with Gasteiger partial charge in [0, 0.05) is 6.04 Å². The molecule has 1 aromatic rings. The highest BCUT2D eigenvalue weighted by molar-refractivity contribution is 6.42. The first-order chi connectivity index (χ1) is 8.22. The fraction of sp³-hybridized carbons (Fsp3) is 0.538. The summed E-state index contributed by atoms with van der Waals surface area (Å²) < 4.78 is 0. The smallest absolute Gasteiger partial charge is 0.0595 e. The molecule has 0 aliphatic carbocycles. The van der Waals surface area contributed by atoms with Crippen molar-refractivity contribution in [3.63, 3.8) is 0 Å². The number of halogens is 2. The van der Waals surface area contributed by atoms with Gasteiger partial charge in [-0.2, -0.15) is 0 Å². The van der Waals surface area contributed by atoms with Gasteiger partial charge in [-0.05, 0) is 56.6 Å². The second-order valence-electron chi connectivity index (χ2n) is 4.51. The molecule has 0 amide bonds. The maximum atomic E-state index is 6.08. The first-order valence-electron chi connectivity index (χ1n) is 6.11. The molecular weight excluding hydrogens is 255 g/mol. The molecule has 17 heavy (non-hydrogen) atoms. The third-order valence-electron chi connectivity index (χ3n) is 3.35. The molecule has 1 heterocycles. The fourth-order valence-corrected chi connectivity index (χ4v) is 2.80. The zero-order valence-electron chi connectivity index (χ0n) is 9.83. The van der Waals surface area contributed by atoms with Crippen LogP contribution in [0.2, 0.25) is 10.0 Å². The molecule has 0 spiro atoms. The molecule has 0 aromatic heterocycles. The predicted molar refractivity (Wildman–Crippen MR) is 73.7 cm³/mol. The maximum Gasteiger partial charge on any atom is 0.0595 e. The van der Waals surface area contributed by atoms with Crippen molar-refractivity contribution in [1.82, 2.24) is 4.90 Å². The van der Waals surface area contributed by atoms with Crippen LogP contribution in [-0.4, -0.2) is 24.5 Å². The average Bonchev–Trinajstić information content (AvgIpc) is 2.83. The van der Waals surface area contributed by atoms with E-state index in [4.69, 9.17) is 28.9 Å². The quantitative estimate of drug-likeness (QED) is 0.910. The molecule has 0 bridgehead atoms. The lowest BCUT2D eigenvalue weighted by Crippen LogP contribution is -2.27. The van der Waals surface area contributed by atoms with Crippen molar-refractivity contribution in [2.24, 2.45) is 5.73 Å². The van der Waals surface area contributed by atoms with E-state index in [1.807, 2.05) is 12.1 Å². The van der Waals surface area contributed by atoms with Crippen LogP contribution in [-0.2, 0) is 0 Å². The summed E-state index contributed by atoms with van der Waals surface area (Å²) in [4.78, 5) is 2.49. The Kier molecular flexibility index (Phi) is 4.69. The van der Waals surface area contributed by atoms with Crippen LogP contribution in [0.5, 0.6) is 0 Å². The van der Waals surface area contributed by atoms with Crippen molar-refractivity contribution in [2.75, 3.05) is 19.6 Å². The summed E-state index contributed by atoms with van der Waals surface area (Å²) in [6.07, 6.45) is 3.53. The lowest BCUT2D eigenvalue weighted by atomic mass is 10.0. The molecule has 1 saturated heterocycles. The molecular formula is C13H18Cl2N2. The number of rotatable bonds is 4. The summed E-state index contributed by atoms with van der Waals surface area (Å²) in [5.74, 6) is 0. The van der Waals surface area contributed by atoms with E-state index in [2.05, 4.69) is 11.0 Å². The molecule has 1 aliphatic heterocycles. The molecule has 1 unspecified atom stereocenters. The van der Waals surface area contributed by atoms with Crippen molar-refractivity contribution in [2.45, 2.75) is 25.3 Å². The number of likely N-dealkylation sites (tertiary alicyclic amines) is 1. The molecule has 1 atom stereocenters. The van der Waals surface area contributed by atoms with E-state index in [0.717, 1.165) is 19.5 Å². The van der Waals surface area contributed by atoms with Crippen molar-refractivity contribution < 1.29 is 0 Å². The topological polar surface area (TPSA) is 29.3 Å². The Morgan fingerprint density at radius 3 is 2.47 bits per heavy atom. The summed E-state index contributed by atoms with van der Waals surface area (Å²) in [5.41, 5.74) is 6.95. The average molecular weight is 273 g/mol. The van der Waals surface area contributed by atoms with Gasteiger partial charge in [0.25, 0.3) is 0 Å². The molecule has 2 N–H and O–H groups in total. The van der Waals surface area contributed by atoms with Crippen LogP contribution in [0, 0.1) is 0 Å². The van der Waals surface area contributed by atoms with Crippen LogP contribution in [0.4, 0.5) is 0 Å². The molecule has 0 radical (unpaired) electrons. The molecule has 1 aliphatic rings. The molecule has 1 aromatic carbocycles. The Balaban J connectivity index is 2.21. The first kappa shape index (κ1) is 13.2. The Morgan fingerprint density at radius 2 is 1.88 bits per heavy atom. The van der Waals surface area contributed by atoms with Gasteiger partial charge in [0.05, 0.1) is 10.0 Å². The lowest BCUT2D eigenvalue weighted by molar-refractivity contribution is 0.236. The van der Waals surface area contributed by atoms with E-state index in [1.165, 1.54) is 18.4 Å². The second kappa shape index (κ2) is 6.05. The van der Waals surface area contributed by atoms with Crippen LogP contribution in [0.3, 0.4) is 0 Å². The summed E-state index contributed by atoms with van der Waals surface area (Å²) in [6.45, 7) is 3.01. The third-order valence-corrected chi connectivity index (χ3v) is 4.09. The van der Waals surface area contributed by atoms with E-state index in [9.17, 15) is 0 Å². The van der Waals surface area contributed by atoms with Crippen molar-refractivity contribution in [1.29, 1.82) is 0 Å². The summed E-state index contributed by atoms with van der Waals surface area (Å²) in [6, 6.07) is 6.30. The van der Waals surface area contributed by atoms with Gasteiger partial charge in [-0.1, -0.05) is 29.3 Å². The number of nitrogens with zero attached hydrogens (tertiary/aromatic N) is 1. The van der Waals surface area contributed by atoms with Crippen molar-refractivity contribution in [3.05, 3.63) is 33.8 Å². The molecule has 4 heteroatoms. The van der Waals surface area contributed by atoms with Crippen LogP contribution in [0.15, 0.2) is 18.2 Å². The van der Waals surface area contributed by atoms with Gasteiger partial charge in [0.1, 0.15) is 0 Å². The van der Waals surface area contributed by atoms with Crippen LogP contribution < -0.4 is 5.73 Å². The number of nitrogens with two attached hydrogens (primary N) is 1. The van der Waals surface area contributed by atoms with Gasteiger partial charge >= 0.3 is 0 Å². The number of hydrogen-bond acceptors (Lipinski definition) is 2. The number of hydrogen-bond donors (Lipinski definition) is 1. The minimum atomic E-state index is 0.386. The molecule has 94 valence electrons. The standard InChI is InChI=1S/C13H18Cl2N2/c14-11-4-3-10(9-12(11)15)13(5-6-16)17-7-1-2-8-17/h3-4,9,13H,1-2,5-8,16H2. The van der Waals surface area contributed by atoms with E-state index in [0.29, 0.717) is 22.6 Å². The minimum Gasteiger partial charge on any atom is -0.330 e. The Labute approximate surface area is 113 Å². The number of benzene rings is 1. The predicted octanol–water partition coefficient (Wildman–Crippen LogP) is 3.48. The summed E-state index contributed by atoms with van der Waals surface area (Å²) in [7, 11) is 0. The zero-order valence-corrected chi connectivity index (χ0v) is 11.3. The van der Waals surface area contributed by atoms with Gasteiger partial charge in [0.15, 0.2) is 0 Å². The maximum absolute atomic E-state index is 6.08. The Hall–Kier alpha value is -0.280. The van der Waals surface area contributed by atoms with Crippen molar-refractivity contribution >= 4 is 23.2 Å². The zero-order chi connectivity index (χ0) is 12.3. The highest BCUT2D eigenvalue weighted by Gasteiger charge is 2.23. The van der Waals surface area contributed by atoms with E-state index >= 15 is 0 Å². The lowest BCUT2D eigenvalue weighted by Gasteiger charge is -2.27. The minimum absolute atomic E-state index is 0.386. The van der Waals surface area contributed by atoms with Gasteiger partial charge in [-0.3, -0.25) is 4.90 Å². The van der Waals surface area contributed by atoms with Crippen molar-refractivity contribution in [3.8, 4) is 0 Å². The van der Waals surface area contributed by atoms with E-state index in [1.54, 1.807) is 0 Å². The van der Waals surface area contributed by atoms with Gasteiger partial charge in [-0.25, -0.2) is 0 Å². The van der Waals surface area contributed by atoms with Crippen LogP contribution in [0.25, 0.3) is 0 Å². The van der Waals surface area contributed by atoms with E-state index < -0.39 is 0 Å². The molecule has 2 rings (SSSR count). The normalized spacial score (nSPS) is 18.5. The van der Waals surface area contributed by atoms with Gasteiger partial charge < -0.3 is 5.73 Å². The fourth-order valence-electron chi connectivity index (χ4n) is 2.49. The molecule has 0 saturated carbocycles. The van der Waals surface area contributed by atoms with Crippen LogP contribution in [0.1, 0.15) is 30.9 Å². The highest BCUT2D eigenvalue weighted by Crippen LogP contribution is 2.31. The highest BCUT2D eigenvalue weighted by atomic mass is 35.5. The third kappa shape index (κ3) is 3.14. The van der Waals surface area contributed by atoms with Gasteiger partial charge in [0.2, 0.25) is 0 Å². The SMILES string of the molecule is NCCC(c1ccc(Cl)c(Cl)c1)N1CCCC1. The Bertz CT molecular complexity index is 376. The van der Waals surface area contributed by atoms with Crippen LogP contribution >= 0.6 is 23.2 Å². The second-order valence-corrected chi connectivity index (χ2v) is 5.32.